The van der Waals surface area contributed by atoms with Crippen molar-refractivity contribution in [1.29, 1.82) is 0 Å². The van der Waals surface area contributed by atoms with Gasteiger partial charge in [-0.1, -0.05) is 12.1 Å². The molecule has 1 aliphatic carbocycles. The van der Waals surface area contributed by atoms with Crippen LogP contribution in [0.25, 0.3) is 0 Å². The van der Waals surface area contributed by atoms with Gasteiger partial charge < -0.3 is 10.1 Å². The van der Waals surface area contributed by atoms with Crippen molar-refractivity contribution >= 4 is 0 Å². The molecule has 0 amide bonds. The van der Waals surface area contributed by atoms with Crippen molar-refractivity contribution in [3.8, 4) is 5.75 Å². The van der Waals surface area contributed by atoms with E-state index >= 15 is 0 Å². The van der Waals surface area contributed by atoms with Crippen molar-refractivity contribution < 1.29 is 4.74 Å². The summed E-state index contributed by atoms with van der Waals surface area (Å²) in [6.45, 7) is 2.38. The van der Waals surface area contributed by atoms with E-state index < -0.39 is 0 Å². The lowest BCUT2D eigenvalue weighted by molar-refractivity contribution is 0.120. The van der Waals surface area contributed by atoms with E-state index in [0.29, 0.717) is 6.10 Å². The van der Waals surface area contributed by atoms with Crippen molar-refractivity contribution in [2.45, 2.75) is 44.6 Å². The molecule has 1 unspecified atom stereocenters. The zero-order valence-corrected chi connectivity index (χ0v) is 11.0. The SMILES string of the molecule is c1cc(OC2CCC2)ccc1CC1CCCNC1. The Balaban J connectivity index is 1.52. The molecule has 1 heterocycles. The molecule has 2 aliphatic rings. The Kier molecular flexibility index (Phi) is 3.84. The molecule has 1 N–H and O–H groups in total. The molecule has 0 aromatic heterocycles. The average Bonchev–Trinajstić information content (AvgIpc) is 2.37. The van der Waals surface area contributed by atoms with Crippen molar-refractivity contribution in [2.24, 2.45) is 5.92 Å². The van der Waals surface area contributed by atoms with Crippen LogP contribution in [0.2, 0.25) is 0 Å². The summed E-state index contributed by atoms with van der Waals surface area (Å²) in [7, 11) is 0. The van der Waals surface area contributed by atoms with Gasteiger partial charge in [-0.2, -0.15) is 0 Å². The second-order valence-electron chi connectivity index (χ2n) is 5.73. The molecule has 0 bridgehead atoms. The summed E-state index contributed by atoms with van der Waals surface area (Å²) in [5, 5.41) is 3.48. The third-order valence-corrected chi connectivity index (χ3v) is 4.20. The molecule has 1 atom stereocenters. The maximum absolute atomic E-state index is 5.88. The summed E-state index contributed by atoms with van der Waals surface area (Å²) in [6.07, 6.45) is 8.18. The summed E-state index contributed by atoms with van der Waals surface area (Å²) < 4.78 is 5.88. The molecule has 1 saturated carbocycles. The Morgan fingerprint density at radius 3 is 2.50 bits per heavy atom. The topological polar surface area (TPSA) is 21.3 Å². The van der Waals surface area contributed by atoms with E-state index in [9.17, 15) is 0 Å². The first-order valence-corrected chi connectivity index (χ1v) is 7.36. The van der Waals surface area contributed by atoms with Gasteiger partial charge in [0.15, 0.2) is 0 Å². The molecule has 2 heteroatoms. The fraction of sp³-hybridized carbons (Fsp3) is 0.625. The van der Waals surface area contributed by atoms with Gasteiger partial charge in [0.25, 0.3) is 0 Å². The van der Waals surface area contributed by atoms with Crippen LogP contribution in [0.4, 0.5) is 0 Å². The summed E-state index contributed by atoms with van der Waals surface area (Å²) in [5.74, 6) is 1.86. The van der Waals surface area contributed by atoms with Gasteiger partial charge in [-0.05, 0) is 75.2 Å². The van der Waals surface area contributed by atoms with E-state index in [4.69, 9.17) is 4.74 Å². The molecule has 18 heavy (non-hydrogen) atoms. The second-order valence-corrected chi connectivity index (χ2v) is 5.73. The van der Waals surface area contributed by atoms with E-state index in [2.05, 4.69) is 29.6 Å². The molecular formula is C16H23NO. The number of hydrogen-bond donors (Lipinski definition) is 1. The summed E-state index contributed by atoms with van der Waals surface area (Å²) >= 11 is 0. The smallest absolute Gasteiger partial charge is 0.119 e. The van der Waals surface area contributed by atoms with Crippen LogP contribution in [-0.4, -0.2) is 19.2 Å². The Hall–Kier alpha value is -1.02. The van der Waals surface area contributed by atoms with Crippen LogP contribution in [0.5, 0.6) is 5.75 Å². The number of hydrogen-bond acceptors (Lipinski definition) is 2. The molecule has 0 radical (unpaired) electrons. The highest BCUT2D eigenvalue weighted by molar-refractivity contribution is 5.28. The van der Waals surface area contributed by atoms with E-state index in [1.54, 1.807) is 0 Å². The van der Waals surface area contributed by atoms with Gasteiger partial charge in [0, 0.05) is 0 Å². The summed E-state index contributed by atoms with van der Waals surface area (Å²) in [4.78, 5) is 0. The molecule has 0 spiro atoms. The number of piperidine rings is 1. The van der Waals surface area contributed by atoms with Gasteiger partial charge in [-0.3, -0.25) is 0 Å². The molecule has 3 rings (SSSR count). The third-order valence-electron chi connectivity index (χ3n) is 4.20. The minimum Gasteiger partial charge on any atom is -0.490 e. The lowest BCUT2D eigenvalue weighted by atomic mass is 9.92. The van der Waals surface area contributed by atoms with Crippen molar-refractivity contribution in [3.05, 3.63) is 29.8 Å². The van der Waals surface area contributed by atoms with Crippen LogP contribution in [0.1, 0.15) is 37.7 Å². The van der Waals surface area contributed by atoms with Gasteiger partial charge in [-0.25, -0.2) is 0 Å². The Morgan fingerprint density at radius 1 is 1.06 bits per heavy atom. The summed E-state index contributed by atoms with van der Waals surface area (Å²) in [6, 6.07) is 8.76. The van der Waals surface area contributed by atoms with E-state index in [0.717, 1.165) is 11.7 Å². The fourth-order valence-electron chi connectivity index (χ4n) is 2.82. The second kappa shape index (κ2) is 5.75. The van der Waals surface area contributed by atoms with Gasteiger partial charge >= 0.3 is 0 Å². The van der Waals surface area contributed by atoms with Crippen LogP contribution < -0.4 is 10.1 Å². The number of rotatable bonds is 4. The predicted octanol–water partition coefficient (Wildman–Crippen LogP) is 3.16. The monoisotopic (exact) mass is 245 g/mol. The first-order chi connectivity index (χ1) is 8.90. The number of nitrogens with one attached hydrogen (secondary N) is 1. The van der Waals surface area contributed by atoms with Crippen molar-refractivity contribution in [2.75, 3.05) is 13.1 Å². The van der Waals surface area contributed by atoms with Crippen molar-refractivity contribution in [1.82, 2.24) is 5.32 Å². The van der Waals surface area contributed by atoms with Gasteiger partial charge in [-0.15, -0.1) is 0 Å². The normalized spacial score (nSPS) is 24.6. The largest absolute Gasteiger partial charge is 0.490 e. The Morgan fingerprint density at radius 2 is 1.89 bits per heavy atom. The van der Waals surface area contributed by atoms with E-state index in [1.165, 1.54) is 57.2 Å². The predicted molar refractivity (Wildman–Crippen MR) is 74.0 cm³/mol. The standard InChI is InChI=1S/C16H23NO/c1-4-15(5-1)18-16-8-6-13(7-9-16)11-14-3-2-10-17-12-14/h6-9,14-15,17H,1-5,10-12H2. The van der Waals surface area contributed by atoms with E-state index in [-0.39, 0.29) is 0 Å². The van der Waals surface area contributed by atoms with Crippen LogP contribution in [-0.2, 0) is 6.42 Å². The molecule has 98 valence electrons. The minimum absolute atomic E-state index is 0.485. The van der Waals surface area contributed by atoms with Crippen LogP contribution >= 0.6 is 0 Å². The zero-order valence-electron chi connectivity index (χ0n) is 11.0. The highest BCUT2D eigenvalue weighted by Crippen LogP contribution is 2.26. The lowest BCUT2D eigenvalue weighted by Gasteiger charge is -2.26. The minimum atomic E-state index is 0.485. The van der Waals surface area contributed by atoms with Crippen LogP contribution in [0.15, 0.2) is 24.3 Å². The molecule has 2 fully saturated rings. The highest BCUT2D eigenvalue weighted by atomic mass is 16.5. The van der Waals surface area contributed by atoms with E-state index in [1.807, 2.05) is 0 Å². The molecule has 2 nitrogen and oxygen atoms in total. The first kappa shape index (κ1) is 12.0. The van der Waals surface area contributed by atoms with Crippen LogP contribution in [0.3, 0.4) is 0 Å². The maximum atomic E-state index is 5.88. The molecule has 1 aromatic rings. The van der Waals surface area contributed by atoms with Crippen molar-refractivity contribution in [3.63, 3.8) is 0 Å². The Labute approximate surface area is 110 Å². The summed E-state index contributed by atoms with van der Waals surface area (Å²) in [5.41, 5.74) is 1.45. The van der Waals surface area contributed by atoms with Gasteiger partial charge in [0.1, 0.15) is 5.75 Å². The maximum Gasteiger partial charge on any atom is 0.119 e. The first-order valence-electron chi connectivity index (χ1n) is 7.36. The lowest BCUT2D eigenvalue weighted by Crippen LogP contribution is -2.30. The quantitative estimate of drug-likeness (QED) is 0.880. The third kappa shape index (κ3) is 3.05. The molecule has 1 aliphatic heterocycles. The molecular weight excluding hydrogens is 222 g/mol. The van der Waals surface area contributed by atoms with Crippen LogP contribution in [0, 0.1) is 5.92 Å². The molecule has 1 saturated heterocycles. The van der Waals surface area contributed by atoms with Gasteiger partial charge in [0.2, 0.25) is 0 Å². The highest BCUT2D eigenvalue weighted by Gasteiger charge is 2.19. The average molecular weight is 245 g/mol. The number of ether oxygens (including phenoxy) is 1. The number of benzene rings is 1. The van der Waals surface area contributed by atoms with Gasteiger partial charge in [0.05, 0.1) is 6.10 Å². The Bertz CT molecular complexity index is 363. The zero-order chi connectivity index (χ0) is 12.2. The molecule has 1 aromatic carbocycles. The fourth-order valence-corrected chi connectivity index (χ4v) is 2.82.